The monoisotopic (exact) mass is 334 g/mol. The van der Waals surface area contributed by atoms with Crippen LogP contribution in [0.4, 0.5) is 0 Å². The largest absolute Gasteiger partial charge is 0.501 e. The standard InChI is InChI=1S/C20H30O4/c1-8-20(7,10-9-12(2)11-19(4,5)6)14-13(3)15(21)17(23)18(24)16(14)22/h9,23-24H,8,10-11H2,1-7H3/b12-9+. The van der Waals surface area contributed by atoms with Gasteiger partial charge >= 0.3 is 0 Å². The van der Waals surface area contributed by atoms with Crippen molar-refractivity contribution in [1.29, 1.82) is 0 Å². The highest BCUT2D eigenvalue weighted by molar-refractivity contribution is 6.23. The second-order valence-electron chi connectivity index (χ2n) is 8.26. The topological polar surface area (TPSA) is 74.6 Å². The van der Waals surface area contributed by atoms with Gasteiger partial charge < -0.3 is 10.2 Å². The summed E-state index contributed by atoms with van der Waals surface area (Å²) in [6.45, 7) is 14.0. The van der Waals surface area contributed by atoms with Gasteiger partial charge in [-0.2, -0.15) is 0 Å². The van der Waals surface area contributed by atoms with Crippen molar-refractivity contribution in [3.05, 3.63) is 34.3 Å². The number of Topliss-reactive ketones (excluding diaryl/α,β-unsaturated/α-hetero) is 2. The zero-order chi connectivity index (χ0) is 18.9. The first kappa shape index (κ1) is 20.2. The highest BCUT2D eigenvalue weighted by atomic mass is 16.3. The molecular weight excluding hydrogens is 304 g/mol. The number of allylic oxidation sites excluding steroid dienone is 4. The van der Waals surface area contributed by atoms with Gasteiger partial charge in [-0.3, -0.25) is 9.59 Å². The quantitative estimate of drug-likeness (QED) is 0.550. The molecular formula is C20H30O4. The lowest BCUT2D eigenvalue weighted by Crippen LogP contribution is -2.32. The van der Waals surface area contributed by atoms with E-state index >= 15 is 0 Å². The van der Waals surface area contributed by atoms with Crippen molar-refractivity contribution in [2.75, 3.05) is 0 Å². The minimum Gasteiger partial charge on any atom is -0.501 e. The number of carbonyl (C=O) groups is 2. The van der Waals surface area contributed by atoms with Crippen LogP contribution in [0.1, 0.15) is 67.7 Å². The van der Waals surface area contributed by atoms with E-state index in [-0.39, 0.29) is 11.0 Å². The Hall–Kier alpha value is -1.84. The summed E-state index contributed by atoms with van der Waals surface area (Å²) in [6.07, 6.45) is 4.31. The van der Waals surface area contributed by atoms with Crippen molar-refractivity contribution in [3.63, 3.8) is 0 Å². The number of hydrogen-bond donors (Lipinski definition) is 2. The third kappa shape index (κ3) is 4.16. The molecule has 0 saturated carbocycles. The Morgan fingerprint density at radius 3 is 2.00 bits per heavy atom. The maximum absolute atomic E-state index is 12.5. The SMILES string of the molecule is CCC(C)(C/C=C(\C)CC(C)(C)C)C1=C(C)C(=O)C(O)=C(O)C1=O. The van der Waals surface area contributed by atoms with Gasteiger partial charge in [0.05, 0.1) is 0 Å². The summed E-state index contributed by atoms with van der Waals surface area (Å²) in [5.41, 5.74) is 1.39. The lowest BCUT2D eigenvalue weighted by molar-refractivity contribution is -0.121. The molecule has 0 fully saturated rings. The molecule has 1 aliphatic rings. The van der Waals surface area contributed by atoms with Crippen LogP contribution in [0.25, 0.3) is 0 Å². The van der Waals surface area contributed by atoms with Crippen LogP contribution in [0.2, 0.25) is 0 Å². The molecule has 0 heterocycles. The van der Waals surface area contributed by atoms with Crippen LogP contribution in [0.15, 0.2) is 34.3 Å². The molecule has 1 rings (SSSR count). The van der Waals surface area contributed by atoms with Crippen LogP contribution in [-0.2, 0) is 9.59 Å². The normalized spacial score (nSPS) is 19.9. The van der Waals surface area contributed by atoms with E-state index in [2.05, 4.69) is 33.8 Å². The average Bonchev–Trinajstić information content (AvgIpc) is 2.47. The molecule has 2 N–H and O–H groups in total. The summed E-state index contributed by atoms with van der Waals surface area (Å²) < 4.78 is 0. The molecule has 0 aromatic heterocycles. The number of carbonyl (C=O) groups excluding carboxylic acids is 2. The van der Waals surface area contributed by atoms with Crippen molar-refractivity contribution in [1.82, 2.24) is 0 Å². The van der Waals surface area contributed by atoms with E-state index in [4.69, 9.17) is 0 Å². The molecule has 0 aromatic carbocycles. The fourth-order valence-corrected chi connectivity index (χ4v) is 3.25. The number of ketones is 2. The van der Waals surface area contributed by atoms with Crippen molar-refractivity contribution in [2.45, 2.75) is 67.7 Å². The van der Waals surface area contributed by atoms with E-state index in [1.807, 2.05) is 13.8 Å². The lowest BCUT2D eigenvalue weighted by atomic mass is 9.70. The summed E-state index contributed by atoms with van der Waals surface area (Å²) in [4.78, 5) is 24.6. The Kier molecular flexibility index (Phi) is 5.86. The first-order chi connectivity index (χ1) is 10.8. The van der Waals surface area contributed by atoms with Crippen LogP contribution in [0, 0.1) is 10.8 Å². The minimum atomic E-state index is -0.848. The maximum atomic E-state index is 12.5. The molecule has 4 nitrogen and oxygen atoms in total. The summed E-state index contributed by atoms with van der Waals surface area (Å²) >= 11 is 0. The van der Waals surface area contributed by atoms with E-state index in [1.165, 1.54) is 12.5 Å². The van der Waals surface area contributed by atoms with Gasteiger partial charge in [-0.25, -0.2) is 0 Å². The van der Waals surface area contributed by atoms with E-state index in [0.29, 0.717) is 18.4 Å². The third-order valence-electron chi connectivity index (χ3n) is 4.69. The molecule has 134 valence electrons. The van der Waals surface area contributed by atoms with Crippen LogP contribution in [0.5, 0.6) is 0 Å². The van der Waals surface area contributed by atoms with Crippen molar-refractivity contribution in [2.24, 2.45) is 10.8 Å². The van der Waals surface area contributed by atoms with Gasteiger partial charge in [-0.1, -0.05) is 46.3 Å². The zero-order valence-corrected chi connectivity index (χ0v) is 15.9. The van der Waals surface area contributed by atoms with E-state index in [9.17, 15) is 19.8 Å². The summed E-state index contributed by atoms with van der Waals surface area (Å²) in [5, 5.41) is 19.4. The first-order valence-electron chi connectivity index (χ1n) is 8.42. The smallest absolute Gasteiger partial charge is 0.228 e. The average molecular weight is 334 g/mol. The van der Waals surface area contributed by atoms with Crippen LogP contribution in [0.3, 0.4) is 0 Å². The molecule has 1 atom stereocenters. The highest BCUT2D eigenvalue weighted by Gasteiger charge is 2.41. The van der Waals surface area contributed by atoms with Gasteiger partial charge in [0.1, 0.15) is 0 Å². The fourth-order valence-electron chi connectivity index (χ4n) is 3.25. The van der Waals surface area contributed by atoms with E-state index in [0.717, 1.165) is 6.42 Å². The maximum Gasteiger partial charge on any atom is 0.228 e. The molecule has 24 heavy (non-hydrogen) atoms. The van der Waals surface area contributed by atoms with Crippen LogP contribution < -0.4 is 0 Å². The fraction of sp³-hybridized carbons (Fsp3) is 0.600. The van der Waals surface area contributed by atoms with Gasteiger partial charge in [0.15, 0.2) is 0 Å². The highest BCUT2D eigenvalue weighted by Crippen LogP contribution is 2.41. The Morgan fingerprint density at radius 2 is 1.54 bits per heavy atom. The molecule has 0 aromatic rings. The minimum absolute atomic E-state index is 0.182. The summed E-state index contributed by atoms with van der Waals surface area (Å²) in [7, 11) is 0. The van der Waals surface area contributed by atoms with E-state index in [1.54, 1.807) is 0 Å². The second-order valence-corrected chi connectivity index (χ2v) is 8.26. The van der Waals surface area contributed by atoms with Crippen LogP contribution >= 0.6 is 0 Å². The second kappa shape index (κ2) is 6.96. The van der Waals surface area contributed by atoms with Crippen molar-refractivity contribution < 1.29 is 19.8 Å². The van der Waals surface area contributed by atoms with Gasteiger partial charge in [-0.15, -0.1) is 0 Å². The van der Waals surface area contributed by atoms with Gasteiger partial charge in [0.2, 0.25) is 23.1 Å². The Balaban J connectivity index is 3.22. The van der Waals surface area contributed by atoms with Crippen LogP contribution in [-0.4, -0.2) is 21.8 Å². The molecule has 0 aliphatic heterocycles. The molecule has 0 saturated heterocycles. The van der Waals surface area contributed by atoms with Crippen molar-refractivity contribution >= 4 is 11.6 Å². The Morgan fingerprint density at radius 1 is 1.04 bits per heavy atom. The van der Waals surface area contributed by atoms with Gasteiger partial charge in [0, 0.05) is 16.6 Å². The molecule has 0 radical (unpaired) electrons. The molecule has 0 bridgehead atoms. The van der Waals surface area contributed by atoms with E-state index < -0.39 is 28.5 Å². The summed E-state index contributed by atoms with van der Waals surface area (Å²) in [6, 6.07) is 0. The molecule has 0 spiro atoms. The predicted molar refractivity (Wildman–Crippen MR) is 95.8 cm³/mol. The van der Waals surface area contributed by atoms with Crippen molar-refractivity contribution in [3.8, 4) is 0 Å². The number of aliphatic hydroxyl groups is 2. The Bertz CT molecular complexity index is 641. The summed E-state index contributed by atoms with van der Waals surface area (Å²) in [5.74, 6) is -3.00. The first-order valence-corrected chi connectivity index (χ1v) is 8.42. The zero-order valence-electron chi connectivity index (χ0n) is 15.9. The molecule has 1 unspecified atom stereocenters. The predicted octanol–water partition coefficient (Wildman–Crippen LogP) is 4.97. The Labute approximate surface area is 145 Å². The van der Waals surface area contributed by atoms with Gasteiger partial charge in [-0.05, 0) is 38.5 Å². The number of hydrogen-bond acceptors (Lipinski definition) is 4. The molecule has 0 amide bonds. The third-order valence-corrected chi connectivity index (χ3v) is 4.69. The lowest BCUT2D eigenvalue weighted by Gasteiger charge is -2.33. The molecule has 1 aliphatic carbocycles. The number of aliphatic hydroxyl groups excluding tert-OH is 2. The van der Waals surface area contributed by atoms with Gasteiger partial charge in [0.25, 0.3) is 0 Å². The molecule has 4 heteroatoms. The number of rotatable bonds is 5.